The molecule has 0 bridgehead atoms. The summed E-state index contributed by atoms with van der Waals surface area (Å²) in [6.07, 6.45) is 3.13. The van der Waals surface area contributed by atoms with Gasteiger partial charge in [0, 0.05) is 13.2 Å². The zero-order valence-corrected chi connectivity index (χ0v) is 15.6. The quantitative estimate of drug-likeness (QED) is 0.394. The molecule has 0 spiro atoms. The monoisotopic (exact) mass is 471 g/mol. The first kappa shape index (κ1) is 18.6. The van der Waals surface area contributed by atoms with Crippen LogP contribution in [0.3, 0.4) is 0 Å². The highest BCUT2D eigenvalue weighted by Gasteiger charge is 2.14. The third kappa shape index (κ3) is 6.48. The van der Waals surface area contributed by atoms with Crippen LogP contribution in [0.1, 0.15) is 18.4 Å². The topological polar surface area (TPSA) is 59.6 Å². The van der Waals surface area contributed by atoms with Crippen molar-refractivity contribution < 1.29 is 9.13 Å². The second kappa shape index (κ2) is 9.58. The van der Waals surface area contributed by atoms with Crippen LogP contribution < -0.4 is 11.1 Å². The summed E-state index contributed by atoms with van der Waals surface area (Å²) in [5, 5.41) is 3.05. The van der Waals surface area contributed by atoms with E-state index < -0.39 is 0 Å². The highest BCUT2D eigenvalue weighted by Crippen LogP contribution is 2.16. The molecule has 1 aliphatic rings. The van der Waals surface area contributed by atoms with Crippen LogP contribution in [0.4, 0.5) is 4.39 Å². The molecule has 1 atom stereocenters. The Morgan fingerprint density at radius 2 is 2.33 bits per heavy atom. The molecular weight excluding hydrogens is 452 g/mol. The van der Waals surface area contributed by atoms with Gasteiger partial charge in [0.15, 0.2) is 5.96 Å². The van der Waals surface area contributed by atoms with Crippen molar-refractivity contribution in [3.63, 3.8) is 0 Å². The van der Waals surface area contributed by atoms with Gasteiger partial charge < -0.3 is 15.8 Å². The molecule has 0 radical (unpaired) electrons. The fraction of sp³-hybridized carbons (Fsp3) is 0.500. The Morgan fingerprint density at radius 3 is 3.00 bits per heavy atom. The molecule has 0 amide bonds. The standard InChI is InChI=1S/C14H19BrFN3O.HI/c15-12-8-10(3-4-13(12)16)5-6-18-14(17)19-9-11-2-1-7-20-11;/h3-4,8,11H,1-2,5-7,9H2,(H3,17,18,19);1H. The van der Waals surface area contributed by atoms with Gasteiger partial charge in [0.25, 0.3) is 0 Å². The Kier molecular flexibility index (Phi) is 8.50. The van der Waals surface area contributed by atoms with E-state index in [1.807, 2.05) is 0 Å². The average molecular weight is 472 g/mol. The molecule has 2 rings (SSSR count). The summed E-state index contributed by atoms with van der Waals surface area (Å²) < 4.78 is 19.0. The number of hydrogen-bond acceptors (Lipinski definition) is 2. The Labute approximate surface area is 149 Å². The fourth-order valence-electron chi connectivity index (χ4n) is 2.07. The maximum Gasteiger partial charge on any atom is 0.188 e. The predicted octanol–water partition coefficient (Wildman–Crippen LogP) is 2.83. The molecule has 1 aromatic carbocycles. The van der Waals surface area contributed by atoms with E-state index in [1.54, 1.807) is 12.1 Å². The molecule has 0 saturated carbocycles. The summed E-state index contributed by atoms with van der Waals surface area (Å²) in [4.78, 5) is 4.26. The van der Waals surface area contributed by atoms with E-state index in [0.717, 1.165) is 31.4 Å². The Balaban J connectivity index is 0.00000220. The van der Waals surface area contributed by atoms with Gasteiger partial charge in [-0.05, 0) is 52.9 Å². The van der Waals surface area contributed by atoms with Gasteiger partial charge in [0.05, 0.1) is 17.1 Å². The summed E-state index contributed by atoms with van der Waals surface area (Å²) in [5.41, 5.74) is 6.82. The van der Waals surface area contributed by atoms with Crippen molar-refractivity contribution in [3.8, 4) is 0 Å². The van der Waals surface area contributed by atoms with Crippen LogP contribution in [0.15, 0.2) is 27.7 Å². The first-order valence-corrected chi connectivity index (χ1v) is 7.54. The summed E-state index contributed by atoms with van der Waals surface area (Å²) >= 11 is 3.17. The number of nitrogens with two attached hydrogens (primary N) is 1. The van der Waals surface area contributed by atoms with Crippen LogP contribution in [0.5, 0.6) is 0 Å². The van der Waals surface area contributed by atoms with E-state index >= 15 is 0 Å². The second-order valence-electron chi connectivity index (χ2n) is 4.79. The predicted molar refractivity (Wildman–Crippen MR) is 96.7 cm³/mol. The summed E-state index contributed by atoms with van der Waals surface area (Å²) in [5.74, 6) is 0.182. The van der Waals surface area contributed by atoms with Crippen molar-refractivity contribution in [3.05, 3.63) is 34.1 Å². The van der Waals surface area contributed by atoms with E-state index in [-0.39, 0.29) is 35.9 Å². The van der Waals surface area contributed by atoms with E-state index in [4.69, 9.17) is 10.5 Å². The van der Waals surface area contributed by atoms with Crippen molar-refractivity contribution >= 4 is 45.9 Å². The van der Waals surface area contributed by atoms with Gasteiger partial charge in [0.1, 0.15) is 5.82 Å². The molecule has 1 aliphatic heterocycles. The Hall–Kier alpha value is -0.410. The van der Waals surface area contributed by atoms with Crippen molar-refractivity contribution in [1.82, 2.24) is 5.32 Å². The smallest absolute Gasteiger partial charge is 0.188 e. The molecule has 1 aromatic rings. The van der Waals surface area contributed by atoms with Gasteiger partial charge in [0.2, 0.25) is 0 Å². The average Bonchev–Trinajstić information content (AvgIpc) is 2.94. The van der Waals surface area contributed by atoms with E-state index in [9.17, 15) is 4.39 Å². The Bertz CT molecular complexity index is 481. The summed E-state index contributed by atoms with van der Waals surface area (Å²) in [7, 11) is 0. The number of ether oxygens (including phenoxy) is 1. The molecule has 4 nitrogen and oxygen atoms in total. The van der Waals surface area contributed by atoms with E-state index in [0.29, 0.717) is 23.5 Å². The van der Waals surface area contributed by atoms with Crippen LogP contribution in [-0.4, -0.2) is 31.8 Å². The third-order valence-electron chi connectivity index (χ3n) is 3.19. The van der Waals surface area contributed by atoms with Gasteiger partial charge >= 0.3 is 0 Å². The van der Waals surface area contributed by atoms with E-state index in [1.165, 1.54) is 6.07 Å². The number of guanidine groups is 1. The highest BCUT2D eigenvalue weighted by atomic mass is 127. The van der Waals surface area contributed by atoms with Gasteiger partial charge in [-0.1, -0.05) is 6.07 Å². The van der Waals surface area contributed by atoms with Gasteiger partial charge in [-0.25, -0.2) is 4.39 Å². The minimum Gasteiger partial charge on any atom is -0.376 e. The lowest BCUT2D eigenvalue weighted by Crippen LogP contribution is -2.34. The molecule has 1 saturated heterocycles. The zero-order chi connectivity index (χ0) is 14.4. The van der Waals surface area contributed by atoms with Gasteiger partial charge in [-0.15, -0.1) is 24.0 Å². The molecule has 1 heterocycles. The van der Waals surface area contributed by atoms with Gasteiger partial charge in [-0.2, -0.15) is 0 Å². The first-order chi connectivity index (χ1) is 9.65. The number of benzene rings is 1. The van der Waals surface area contributed by atoms with Crippen molar-refractivity contribution in [1.29, 1.82) is 0 Å². The molecule has 1 unspecified atom stereocenters. The van der Waals surface area contributed by atoms with Crippen LogP contribution in [-0.2, 0) is 11.2 Å². The highest BCUT2D eigenvalue weighted by molar-refractivity contribution is 14.0. The Morgan fingerprint density at radius 1 is 1.52 bits per heavy atom. The molecule has 21 heavy (non-hydrogen) atoms. The molecule has 118 valence electrons. The van der Waals surface area contributed by atoms with Crippen LogP contribution in [0, 0.1) is 5.82 Å². The molecule has 0 aliphatic carbocycles. The molecule has 1 fully saturated rings. The van der Waals surface area contributed by atoms with Crippen molar-refractivity contribution in [2.24, 2.45) is 10.7 Å². The largest absolute Gasteiger partial charge is 0.376 e. The lowest BCUT2D eigenvalue weighted by Gasteiger charge is -2.08. The molecule has 0 aromatic heterocycles. The lowest BCUT2D eigenvalue weighted by atomic mass is 10.1. The number of halogens is 3. The van der Waals surface area contributed by atoms with Crippen molar-refractivity contribution in [2.45, 2.75) is 25.4 Å². The molecule has 7 heteroatoms. The summed E-state index contributed by atoms with van der Waals surface area (Å²) in [6.45, 7) is 2.10. The molecule has 3 N–H and O–H groups in total. The number of hydrogen-bond donors (Lipinski definition) is 2. The van der Waals surface area contributed by atoms with Crippen LogP contribution >= 0.6 is 39.9 Å². The minimum atomic E-state index is -0.251. The number of nitrogens with one attached hydrogen (secondary N) is 1. The van der Waals surface area contributed by atoms with Gasteiger partial charge in [-0.3, -0.25) is 4.99 Å². The summed E-state index contributed by atoms with van der Waals surface area (Å²) in [6, 6.07) is 4.99. The van der Waals surface area contributed by atoms with Crippen LogP contribution in [0.2, 0.25) is 0 Å². The third-order valence-corrected chi connectivity index (χ3v) is 3.80. The van der Waals surface area contributed by atoms with Crippen LogP contribution in [0.25, 0.3) is 0 Å². The maximum absolute atomic E-state index is 13.1. The number of nitrogens with zero attached hydrogens (tertiary/aromatic N) is 1. The lowest BCUT2D eigenvalue weighted by molar-refractivity contribution is 0.118. The maximum atomic E-state index is 13.1. The number of rotatable bonds is 5. The zero-order valence-electron chi connectivity index (χ0n) is 11.6. The molecular formula is C14H20BrFIN3O. The minimum absolute atomic E-state index is 0. The van der Waals surface area contributed by atoms with Crippen molar-refractivity contribution in [2.75, 3.05) is 19.7 Å². The van der Waals surface area contributed by atoms with E-state index in [2.05, 4.69) is 26.2 Å². The number of aliphatic imine (C=N–C) groups is 1. The second-order valence-corrected chi connectivity index (χ2v) is 5.64. The first-order valence-electron chi connectivity index (χ1n) is 6.74. The fourth-order valence-corrected chi connectivity index (χ4v) is 2.50. The SMILES string of the molecule is I.NC(=NCC1CCCO1)NCCc1ccc(F)c(Br)c1. The normalized spacial score (nSPS) is 18.4.